The van der Waals surface area contributed by atoms with Crippen LogP contribution in [0.5, 0.6) is 11.5 Å². The molecular formula is C53H74N12O18S3. The van der Waals surface area contributed by atoms with Crippen LogP contribution in [-0.4, -0.2) is 202 Å². The molecule has 9 amide bonds. The van der Waals surface area contributed by atoms with Gasteiger partial charge in [-0.15, -0.1) is 0 Å². The number of nitrogens with zero attached hydrogens (tertiary/aromatic N) is 1. The van der Waals surface area contributed by atoms with Gasteiger partial charge in [0.1, 0.15) is 65.9 Å². The van der Waals surface area contributed by atoms with Crippen molar-refractivity contribution < 1.29 is 88.2 Å². The molecule has 0 aliphatic carbocycles. The minimum Gasteiger partial charge on any atom is -0.508 e. The van der Waals surface area contributed by atoms with Crippen molar-refractivity contribution >= 4 is 108 Å². The fraction of sp³-hybridized carbons (Fsp3) is 0.491. The number of aliphatic hydroxyl groups excluding tert-OH is 1. The average Bonchev–Trinajstić information content (AvgIpc) is 4.14. The number of aromatic hydroxyl groups is 2. The van der Waals surface area contributed by atoms with Gasteiger partial charge in [-0.3, -0.25) is 52.7 Å². The highest BCUT2D eigenvalue weighted by atomic mass is 32.2. The van der Waals surface area contributed by atoms with E-state index >= 15 is 0 Å². The maximum absolute atomic E-state index is 14.3. The number of thiol groups is 2. The smallest absolute Gasteiger partial charge is 0.326 e. The zero-order valence-electron chi connectivity index (χ0n) is 47.0. The van der Waals surface area contributed by atoms with Crippen molar-refractivity contribution in [2.75, 3.05) is 30.1 Å². The third-order valence-corrected chi connectivity index (χ3v) is 14.2. The van der Waals surface area contributed by atoms with Crippen LogP contribution in [0.15, 0.2) is 61.1 Å². The molecule has 0 fully saturated rings. The van der Waals surface area contributed by atoms with Crippen molar-refractivity contribution in [3.05, 3.63) is 77.9 Å². The molecule has 1 heterocycles. The van der Waals surface area contributed by atoms with E-state index in [2.05, 4.69) is 83.1 Å². The lowest BCUT2D eigenvalue weighted by atomic mass is 10.00. The van der Waals surface area contributed by atoms with Gasteiger partial charge in [-0.2, -0.15) is 37.0 Å². The highest BCUT2D eigenvalue weighted by Crippen LogP contribution is 2.15. The van der Waals surface area contributed by atoms with Gasteiger partial charge in [0.15, 0.2) is 0 Å². The monoisotopic (exact) mass is 1260 g/mol. The molecule has 0 saturated heterocycles. The minimum atomic E-state index is -1.86. The second kappa shape index (κ2) is 36.6. The number of carbonyl (C=O) groups excluding carboxylic acids is 9. The van der Waals surface area contributed by atoms with Crippen LogP contribution in [0.25, 0.3) is 0 Å². The molecule has 3 rings (SSSR count). The van der Waals surface area contributed by atoms with Gasteiger partial charge in [-0.05, 0) is 72.6 Å². The fourth-order valence-electron chi connectivity index (χ4n) is 7.96. The van der Waals surface area contributed by atoms with Gasteiger partial charge >= 0.3 is 17.9 Å². The number of aliphatic carboxylic acids is 3. The summed E-state index contributed by atoms with van der Waals surface area (Å²) in [5.41, 5.74) is 7.04. The van der Waals surface area contributed by atoms with E-state index in [-0.39, 0.29) is 55.1 Å². The summed E-state index contributed by atoms with van der Waals surface area (Å²) in [5.74, 6) is -14.5. The number of H-pyrrole nitrogens is 1. The molecule has 0 aliphatic heterocycles. The maximum atomic E-state index is 14.3. The Morgan fingerprint density at radius 2 is 0.919 bits per heavy atom. The van der Waals surface area contributed by atoms with Gasteiger partial charge in [0.25, 0.3) is 0 Å². The summed E-state index contributed by atoms with van der Waals surface area (Å²) in [6, 6.07) is -4.19. The molecule has 472 valence electrons. The summed E-state index contributed by atoms with van der Waals surface area (Å²) in [5, 5.41) is 80.1. The molecule has 0 unspecified atom stereocenters. The van der Waals surface area contributed by atoms with Crippen molar-refractivity contribution in [3.8, 4) is 11.5 Å². The van der Waals surface area contributed by atoms with Crippen LogP contribution in [-0.2, 0) is 76.8 Å². The van der Waals surface area contributed by atoms with Gasteiger partial charge in [0.05, 0.1) is 24.7 Å². The van der Waals surface area contributed by atoms with Crippen LogP contribution in [0.1, 0.15) is 62.8 Å². The number of imidazole rings is 1. The van der Waals surface area contributed by atoms with E-state index in [1.54, 1.807) is 6.26 Å². The van der Waals surface area contributed by atoms with Gasteiger partial charge in [-0.1, -0.05) is 38.1 Å². The summed E-state index contributed by atoms with van der Waals surface area (Å²) >= 11 is 9.71. The van der Waals surface area contributed by atoms with Gasteiger partial charge in [0.2, 0.25) is 53.2 Å². The number of aromatic amines is 1. The van der Waals surface area contributed by atoms with Crippen LogP contribution in [0, 0.1) is 5.92 Å². The van der Waals surface area contributed by atoms with Crippen LogP contribution >= 0.6 is 37.0 Å². The van der Waals surface area contributed by atoms with E-state index < -0.39 is 169 Å². The Hall–Kier alpha value is -8.14. The minimum absolute atomic E-state index is 0.0708. The summed E-state index contributed by atoms with van der Waals surface area (Å²) in [4.78, 5) is 165. The molecule has 0 aliphatic rings. The second-order valence-corrected chi connectivity index (χ2v) is 21.6. The number of hydrogen-bond acceptors (Lipinski definition) is 20. The number of phenolic OH excluding ortho intramolecular Hbond substituents is 2. The Kier molecular flexibility index (Phi) is 30.7. The highest BCUT2D eigenvalue weighted by Gasteiger charge is 2.36. The van der Waals surface area contributed by atoms with Crippen molar-refractivity contribution in [3.63, 3.8) is 0 Å². The van der Waals surface area contributed by atoms with Gasteiger partial charge < -0.3 is 89.2 Å². The van der Waals surface area contributed by atoms with Crippen molar-refractivity contribution in [2.45, 2.75) is 126 Å². The standard InChI is InChI=1S/C53H74N12O18S3/c1-26(2)43(52(81)61-37(53(82)83)19-28-6-10-31(68)11-7-28)65-46(75)33(13-15-42(71)72)57-49(78)38(22-66)62-51(80)40(24-85)63-45(74)34(16-17-86-3)58-47(76)35(18-27-4-8-30(67)9-5-27)60-50(79)39(23-84)64-48(77)36(20-29-21-55-25-56-29)59-44(73)32(54)12-14-41(69)70/h4-11,21,25-26,32-40,43,66-68,84-85H,12-20,22-24,54H2,1-3H3,(H,55,56)(H,57,78)(H,58,76)(H,59,73)(H,60,79)(H,61,81)(H,62,80)(H,63,74)(H,64,77)(H,65,75)(H,69,70)(H,71,72)(H,82,83)/t32-,33-,34-,35-,36-,37-,38-,39-,40-,43-/m0/s1. The summed E-state index contributed by atoms with van der Waals surface area (Å²) in [6.07, 6.45) is 1.74. The molecule has 86 heavy (non-hydrogen) atoms. The molecule has 0 radical (unpaired) electrons. The number of hydrogen-bond donors (Lipinski definition) is 19. The molecule has 2 aromatic carbocycles. The Labute approximate surface area is 508 Å². The van der Waals surface area contributed by atoms with E-state index in [1.807, 2.05) is 0 Å². The number of carboxylic acids is 3. The molecule has 0 saturated carbocycles. The second-order valence-electron chi connectivity index (χ2n) is 19.9. The number of phenols is 2. The zero-order valence-corrected chi connectivity index (χ0v) is 49.6. The number of thioether (sulfide) groups is 1. The lowest BCUT2D eigenvalue weighted by Gasteiger charge is -2.28. The average molecular weight is 1260 g/mol. The Bertz CT molecular complexity index is 2800. The van der Waals surface area contributed by atoms with Crippen LogP contribution in [0.4, 0.5) is 0 Å². The molecule has 0 bridgehead atoms. The van der Waals surface area contributed by atoms with Crippen LogP contribution in [0.2, 0.25) is 0 Å². The van der Waals surface area contributed by atoms with E-state index in [9.17, 15) is 83.1 Å². The number of benzene rings is 2. The molecule has 18 N–H and O–H groups in total. The number of carboxylic acid groups (broad SMARTS) is 3. The topological polar surface area (TPSA) is 489 Å². The number of rotatable bonds is 38. The number of nitrogens with two attached hydrogens (primary N) is 1. The third kappa shape index (κ3) is 24.8. The number of carbonyl (C=O) groups is 12. The Morgan fingerprint density at radius 3 is 1.37 bits per heavy atom. The first kappa shape index (κ1) is 72.1. The Balaban J connectivity index is 1.80. The van der Waals surface area contributed by atoms with Crippen LogP contribution < -0.4 is 53.6 Å². The quantitative estimate of drug-likeness (QED) is 0.0249. The summed E-state index contributed by atoms with van der Waals surface area (Å²) in [6.45, 7) is 1.92. The summed E-state index contributed by atoms with van der Waals surface area (Å²) in [7, 11) is 0. The highest BCUT2D eigenvalue weighted by molar-refractivity contribution is 7.98. The molecule has 10 atom stereocenters. The molecular weight excluding hydrogens is 1190 g/mol. The predicted octanol–water partition coefficient (Wildman–Crippen LogP) is -3.39. The number of amides is 9. The molecule has 0 spiro atoms. The van der Waals surface area contributed by atoms with E-state index in [1.165, 1.54) is 86.7 Å². The fourth-order valence-corrected chi connectivity index (χ4v) is 8.95. The van der Waals surface area contributed by atoms with E-state index in [4.69, 9.17) is 10.8 Å². The van der Waals surface area contributed by atoms with Gasteiger partial charge in [0, 0.05) is 49.8 Å². The molecule has 30 nitrogen and oxygen atoms in total. The largest absolute Gasteiger partial charge is 0.508 e. The molecule has 1 aromatic heterocycles. The Morgan fingerprint density at radius 1 is 0.523 bits per heavy atom. The van der Waals surface area contributed by atoms with Crippen molar-refractivity contribution in [1.82, 2.24) is 57.8 Å². The normalized spacial score (nSPS) is 14.6. The first-order chi connectivity index (χ1) is 40.7. The number of aromatic nitrogens is 2. The molecule has 33 heteroatoms. The predicted molar refractivity (Wildman–Crippen MR) is 315 cm³/mol. The van der Waals surface area contributed by atoms with Gasteiger partial charge in [-0.25, -0.2) is 9.78 Å². The number of nitrogens with one attached hydrogen (secondary N) is 10. The maximum Gasteiger partial charge on any atom is 0.326 e. The lowest BCUT2D eigenvalue weighted by Crippen LogP contribution is -2.62. The SMILES string of the molecule is CSCC[C@H](NC(=O)[C@H](Cc1ccc(O)cc1)NC(=O)[C@H](CS)NC(=O)[C@H](Cc1c[nH]cn1)NC(=O)[C@@H](N)CCC(=O)O)C(=O)N[C@@H](CS)C(=O)N[C@@H](CO)C(=O)N[C@@H](CCC(=O)O)C(=O)N[C@H](C(=O)N[C@@H](Cc1ccc(O)cc1)C(=O)O)C(C)C. The van der Waals surface area contributed by atoms with E-state index in [0.29, 0.717) is 16.8 Å². The lowest BCUT2D eigenvalue weighted by molar-refractivity contribution is -0.142. The zero-order chi connectivity index (χ0) is 64.2. The first-order valence-corrected chi connectivity index (χ1v) is 29.4. The van der Waals surface area contributed by atoms with Crippen molar-refractivity contribution in [1.29, 1.82) is 0 Å². The van der Waals surface area contributed by atoms with Crippen LogP contribution in [0.3, 0.4) is 0 Å². The summed E-state index contributed by atoms with van der Waals surface area (Å²) < 4.78 is 0. The third-order valence-electron chi connectivity index (χ3n) is 12.8. The number of aliphatic hydroxyl groups is 1. The first-order valence-electron chi connectivity index (χ1n) is 26.7. The van der Waals surface area contributed by atoms with Crippen molar-refractivity contribution in [2.24, 2.45) is 11.7 Å². The van der Waals surface area contributed by atoms with E-state index in [0.717, 1.165) is 0 Å². The molecule has 3 aromatic rings.